The number of piperidine rings is 1. The van der Waals surface area contributed by atoms with E-state index in [4.69, 9.17) is 10.5 Å². The van der Waals surface area contributed by atoms with E-state index in [0.29, 0.717) is 30.1 Å². The van der Waals surface area contributed by atoms with Crippen molar-refractivity contribution in [2.24, 2.45) is 5.73 Å². The number of pyridine rings is 1. The van der Waals surface area contributed by atoms with Gasteiger partial charge in [-0.1, -0.05) is 24.3 Å². The van der Waals surface area contributed by atoms with Gasteiger partial charge in [0, 0.05) is 18.4 Å². The van der Waals surface area contributed by atoms with Crippen molar-refractivity contribution in [2.75, 3.05) is 25.0 Å². The van der Waals surface area contributed by atoms with Crippen LogP contribution in [0.4, 0.5) is 5.69 Å². The molecule has 2 heterocycles. The molecule has 2 amide bonds. The number of nitrogens with one attached hydrogen (secondary N) is 1. The zero-order valence-corrected chi connectivity index (χ0v) is 17.7. The summed E-state index contributed by atoms with van der Waals surface area (Å²) < 4.78 is 5.78. The zero-order chi connectivity index (χ0) is 22.4. The second kappa shape index (κ2) is 9.62. The molecule has 32 heavy (non-hydrogen) atoms. The predicted molar refractivity (Wildman–Crippen MR) is 122 cm³/mol. The van der Waals surface area contributed by atoms with Crippen molar-refractivity contribution in [3.8, 4) is 11.5 Å². The summed E-state index contributed by atoms with van der Waals surface area (Å²) in [6.07, 6.45) is 3.05. The van der Waals surface area contributed by atoms with Crippen molar-refractivity contribution < 1.29 is 14.3 Å². The Morgan fingerprint density at radius 2 is 1.72 bits per heavy atom. The number of ether oxygens (including phenoxy) is 1. The van der Waals surface area contributed by atoms with Gasteiger partial charge in [-0.25, -0.2) is 0 Å². The molecule has 0 bridgehead atoms. The van der Waals surface area contributed by atoms with Gasteiger partial charge in [0.1, 0.15) is 16.9 Å². The molecule has 0 aliphatic carbocycles. The zero-order valence-electron chi connectivity index (χ0n) is 17.7. The molecular formula is C25H26N4O3. The summed E-state index contributed by atoms with van der Waals surface area (Å²) in [6, 6.07) is 22.2. The number of amides is 2. The van der Waals surface area contributed by atoms with E-state index in [1.807, 2.05) is 65.6 Å². The number of para-hydroxylation sites is 1. The van der Waals surface area contributed by atoms with Gasteiger partial charge in [0.25, 0.3) is 0 Å². The van der Waals surface area contributed by atoms with Gasteiger partial charge >= 0.3 is 0 Å². The maximum atomic E-state index is 12.7. The molecule has 1 atom stereocenters. The first-order valence-corrected chi connectivity index (χ1v) is 10.6. The number of carbonyl (C=O) groups excluding carboxylic acids is 2. The number of anilines is 1. The van der Waals surface area contributed by atoms with Crippen LogP contribution in [0.1, 0.15) is 18.5 Å². The average Bonchev–Trinajstić information content (AvgIpc) is 2.81. The second-order valence-corrected chi connectivity index (χ2v) is 7.96. The highest BCUT2D eigenvalue weighted by Crippen LogP contribution is 2.32. The summed E-state index contributed by atoms with van der Waals surface area (Å²) >= 11 is 0. The van der Waals surface area contributed by atoms with Crippen LogP contribution in [-0.2, 0) is 15.0 Å². The molecule has 1 aromatic heterocycles. The number of nitrogens with two attached hydrogens (primary N) is 1. The molecule has 7 heteroatoms. The Balaban J connectivity index is 1.37. The molecule has 1 saturated heterocycles. The summed E-state index contributed by atoms with van der Waals surface area (Å²) in [5, 5.41) is 2.91. The number of nitrogens with zero attached hydrogens (tertiary/aromatic N) is 2. The summed E-state index contributed by atoms with van der Waals surface area (Å²) in [5.41, 5.74) is 6.26. The highest BCUT2D eigenvalue weighted by Gasteiger charge is 2.43. The molecule has 3 N–H and O–H groups in total. The van der Waals surface area contributed by atoms with Crippen molar-refractivity contribution in [3.63, 3.8) is 0 Å². The third kappa shape index (κ3) is 4.95. The standard InChI is InChI=1S/C25H26N4O3/c26-24(31)25(22-9-4-5-15-27-22)14-6-16-29(18-25)17-23(30)28-19-10-12-21(13-11-19)32-20-7-2-1-3-8-20/h1-5,7-13,15H,6,14,16-18H2,(H2,26,31)(H,28,30)/t25-/m1/s1. The maximum absolute atomic E-state index is 12.7. The number of likely N-dealkylation sites (tertiary alicyclic amines) is 1. The fourth-order valence-corrected chi connectivity index (χ4v) is 4.10. The predicted octanol–water partition coefficient (Wildman–Crippen LogP) is 3.33. The summed E-state index contributed by atoms with van der Waals surface area (Å²) in [5.74, 6) is 0.880. The van der Waals surface area contributed by atoms with Crippen molar-refractivity contribution in [1.82, 2.24) is 9.88 Å². The average molecular weight is 431 g/mol. The smallest absolute Gasteiger partial charge is 0.238 e. The fraction of sp³-hybridized carbons (Fsp3) is 0.240. The Bertz CT molecular complexity index is 1060. The summed E-state index contributed by atoms with van der Waals surface area (Å²) in [6.45, 7) is 1.26. The fourth-order valence-electron chi connectivity index (χ4n) is 4.10. The molecule has 0 spiro atoms. The largest absolute Gasteiger partial charge is 0.457 e. The van der Waals surface area contributed by atoms with Crippen molar-refractivity contribution in [2.45, 2.75) is 18.3 Å². The van der Waals surface area contributed by atoms with E-state index in [2.05, 4.69) is 10.3 Å². The van der Waals surface area contributed by atoms with Crippen LogP contribution in [0.3, 0.4) is 0 Å². The monoisotopic (exact) mass is 430 g/mol. The number of rotatable bonds is 7. The van der Waals surface area contributed by atoms with Crippen LogP contribution in [0.25, 0.3) is 0 Å². The lowest BCUT2D eigenvalue weighted by Crippen LogP contribution is -2.55. The number of carbonyl (C=O) groups is 2. The van der Waals surface area contributed by atoms with Crippen molar-refractivity contribution in [1.29, 1.82) is 0 Å². The van der Waals surface area contributed by atoms with E-state index >= 15 is 0 Å². The van der Waals surface area contributed by atoms with Gasteiger partial charge in [0.05, 0.1) is 12.2 Å². The van der Waals surface area contributed by atoms with E-state index < -0.39 is 11.3 Å². The van der Waals surface area contributed by atoms with E-state index in [1.54, 1.807) is 18.3 Å². The molecule has 1 aliphatic heterocycles. The third-order valence-electron chi connectivity index (χ3n) is 5.68. The topological polar surface area (TPSA) is 97.6 Å². The van der Waals surface area contributed by atoms with Crippen LogP contribution < -0.4 is 15.8 Å². The molecular weight excluding hydrogens is 404 g/mol. The maximum Gasteiger partial charge on any atom is 0.238 e. The van der Waals surface area contributed by atoms with E-state index in [1.165, 1.54) is 0 Å². The summed E-state index contributed by atoms with van der Waals surface area (Å²) in [4.78, 5) is 31.4. The van der Waals surface area contributed by atoms with Gasteiger partial charge in [-0.3, -0.25) is 19.5 Å². The highest BCUT2D eigenvalue weighted by atomic mass is 16.5. The third-order valence-corrected chi connectivity index (χ3v) is 5.68. The van der Waals surface area contributed by atoms with Gasteiger partial charge in [-0.2, -0.15) is 0 Å². The van der Waals surface area contributed by atoms with E-state index in [9.17, 15) is 9.59 Å². The van der Waals surface area contributed by atoms with Crippen LogP contribution in [-0.4, -0.2) is 41.3 Å². The molecule has 0 radical (unpaired) electrons. The Labute approximate surface area is 187 Å². The molecule has 0 saturated carbocycles. The van der Waals surface area contributed by atoms with Crippen LogP contribution in [0.5, 0.6) is 11.5 Å². The lowest BCUT2D eigenvalue weighted by atomic mass is 9.76. The van der Waals surface area contributed by atoms with Crippen LogP contribution in [0.15, 0.2) is 79.0 Å². The molecule has 7 nitrogen and oxygen atoms in total. The summed E-state index contributed by atoms with van der Waals surface area (Å²) in [7, 11) is 0. The molecule has 4 rings (SSSR count). The van der Waals surface area contributed by atoms with Crippen molar-refractivity contribution in [3.05, 3.63) is 84.7 Å². The Hall–Kier alpha value is -3.71. The van der Waals surface area contributed by atoms with Gasteiger partial charge in [-0.05, 0) is 67.9 Å². The van der Waals surface area contributed by atoms with Gasteiger partial charge in [-0.15, -0.1) is 0 Å². The number of primary amides is 1. The van der Waals surface area contributed by atoms with Gasteiger partial charge < -0.3 is 15.8 Å². The Kier molecular flexibility index (Phi) is 6.47. The molecule has 1 aliphatic rings. The second-order valence-electron chi connectivity index (χ2n) is 7.96. The molecule has 1 fully saturated rings. The number of benzene rings is 2. The van der Waals surface area contributed by atoms with Crippen molar-refractivity contribution >= 4 is 17.5 Å². The number of aromatic nitrogens is 1. The van der Waals surface area contributed by atoms with Crippen LogP contribution in [0, 0.1) is 0 Å². The molecule has 2 aromatic carbocycles. The van der Waals surface area contributed by atoms with Gasteiger partial charge in [0.2, 0.25) is 11.8 Å². The number of hydrogen-bond donors (Lipinski definition) is 2. The molecule has 164 valence electrons. The normalized spacial score (nSPS) is 18.6. The Morgan fingerprint density at radius 1 is 1.00 bits per heavy atom. The lowest BCUT2D eigenvalue weighted by molar-refractivity contribution is -0.127. The minimum Gasteiger partial charge on any atom is -0.457 e. The van der Waals surface area contributed by atoms with E-state index in [-0.39, 0.29) is 12.5 Å². The molecule has 3 aromatic rings. The minimum atomic E-state index is -0.879. The first-order chi connectivity index (χ1) is 15.5. The van der Waals surface area contributed by atoms with Gasteiger partial charge in [0.15, 0.2) is 0 Å². The minimum absolute atomic E-state index is 0.150. The highest BCUT2D eigenvalue weighted by molar-refractivity contribution is 5.92. The lowest BCUT2D eigenvalue weighted by Gasteiger charge is -2.40. The van der Waals surface area contributed by atoms with Crippen LogP contribution in [0.2, 0.25) is 0 Å². The molecule has 0 unspecified atom stereocenters. The SMILES string of the molecule is NC(=O)[C@]1(c2ccccn2)CCCN(CC(=O)Nc2ccc(Oc3ccccc3)cc2)C1. The first kappa shape index (κ1) is 21.5. The van der Waals surface area contributed by atoms with E-state index in [0.717, 1.165) is 18.7 Å². The van der Waals surface area contributed by atoms with Crippen LogP contribution >= 0.6 is 0 Å². The Morgan fingerprint density at radius 3 is 2.41 bits per heavy atom. The first-order valence-electron chi connectivity index (χ1n) is 10.6. The quantitative estimate of drug-likeness (QED) is 0.599. The number of hydrogen-bond acceptors (Lipinski definition) is 5.